The zero-order valence-corrected chi connectivity index (χ0v) is 75.3. The first-order valence-electron chi connectivity index (χ1n) is 46.3. The second-order valence-electron chi connectivity index (χ2n) is 31.6. The SMILES string of the molecule is CN[C@@](C=O)(CO)CCCCNC(=O)[C@H](CCCCNC(=O)COCCOCCNC(=O)COCCOCCNC(=O)CC[C@H](NC(=O)CCCCCCCCCCCCCCCCCCC(=O)O)C(=O)O)NC(=O)COCCOCCNC(=O)COCCOCCNC(=O)CC[C@H](NC(=O)CCCCCCCCCCCCCCCCCCC(=O)O)C(=O)O. The maximum Gasteiger partial charge on any atom is 0.326 e. The van der Waals surface area contributed by atoms with Crippen molar-refractivity contribution in [1.29, 1.82) is 0 Å². The Hall–Kier alpha value is -7.62. The average Bonchev–Trinajstić information content (AvgIpc) is 0.900. The number of hydrogen-bond acceptors (Lipinski definition) is 24. The van der Waals surface area contributed by atoms with Crippen LogP contribution in [0, 0.1) is 0 Å². The Balaban J connectivity index is 4.22. The van der Waals surface area contributed by atoms with Crippen LogP contribution in [0.3, 0.4) is 0 Å². The Morgan fingerprint density at radius 1 is 0.272 bits per heavy atom. The number of likely N-dealkylation sites (N-methyl/N-ethyl adjacent to an activating group) is 1. The molecule has 0 aliphatic rings. The van der Waals surface area contributed by atoms with Crippen molar-refractivity contribution in [2.45, 2.75) is 319 Å². The molecule has 0 unspecified atom stereocenters. The minimum atomic E-state index is -1.21. The first kappa shape index (κ1) is 117. The molecule has 37 heteroatoms. The number of nitrogens with one attached hydrogen (secondary N) is 10. The van der Waals surface area contributed by atoms with Gasteiger partial charge in [0, 0.05) is 77.8 Å². The molecule has 0 aromatic heterocycles. The number of aldehydes is 1. The molecule has 724 valence electrons. The van der Waals surface area contributed by atoms with Gasteiger partial charge in [0.2, 0.25) is 53.2 Å². The molecule has 37 nitrogen and oxygen atoms in total. The van der Waals surface area contributed by atoms with Gasteiger partial charge >= 0.3 is 23.9 Å². The summed E-state index contributed by atoms with van der Waals surface area (Å²) in [6.07, 6.45) is 38.7. The van der Waals surface area contributed by atoms with E-state index < -0.39 is 65.3 Å². The lowest BCUT2D eigenvalue weighted by Gasteiger charge is -2.25. The average molecular weight is 1790 g/mol. The predicted octanol–water partition coefficient (Wildman–Crippen LogP) is 6.70. The lowest BCUT2D eigenvalue weighted by atomic mass is 9.95. The second kappa shape index (κ2) is 85.8. The number of carbonyl (C=O) groups excluding carboxylic acids is 10. The summed E-state index contributed by atoms with van der Waals surface area (Å²) in [5.74, 6) is -7.48. The van der Waals surface area contributed by atoms with Gasteiger partial charge < -0.3 is 121 Å². The molecular weight excluding hydrogens is 1630 g/mol. The molecule has 0 aliphatic heterocycles. The van der Waals surface area contributed by atoms with Crippen molar-refractivity contribution in [3.8, 4) is 0 Å². The summed E-state index contributed by atoms with van der Waals surface area (Å²) < 4.78 is 43.4. The van der Waals surface area contributed by atoms with Crippen molar-refractivity contribution in [2.75, 3.05) is 159 Å². The number of aliphatic hydroxyl groups is 1. The number of carbonyl (C=O) groups is 14. The normalized spacial score (nSPS) is 12.4. The van der Waals surface area contributed by atoms with Crippen molar-refractivity contribution in [3.63, 3.8) is 0 Å². The summed E-state index contributed by atoms with van der Waals surface area (Å²) in [7, 11) is 1.57. The molecular formula is C88H160N10O27. The molecule has 0 fully saturated rings. The molecule has 4 atom stereocenters. The predicted molar refractivity (Wildman–Crippen MR) is 468 cm³/mol. The quantitative estimate of drug-likeness (QED) is 0.0222. The van der Waals surface area contributed by atoms with Crippen molar-refractivity contribution >= 4 is 83.3 Å². The molecule has 0 radical (unpaired) electrons. The Bertz CT molecular complexity index is 2830. The first-order chi connectivity index (χ1) is 60.6. The number of ether oxygens (including phenoxy) is 8. The molecule has 0 saturated carbocycles. The van der Waals surface area contributed by atoms with Crippen molar-refractivity contribution in [3.05, 3.63) is 0 Å². The summed E-state index contributed by atoms with van der Waals surface area (Å²) in [5.41, 5.74) is -1.09. The molecule has 9 amide bonds. The highest BCUT2D eigenvalue weighted by molar-refractivity contribution is 5.88. The van der Waals surface area contributed by atoms with Gasteiger partial charge in [-0.3, -0.25) is 52.7 Å². The smallest absolute Gasteiger partial charge is 0.326 e. The van der Waals surface area contributed by atoms with E-state index in [2.05, 4.69) is 53.2 Å². The highest BCUT2D eigenvalue weighted by Crippen LogP contribution is 2.18. The Morgan fingerprint density at radius 3 is 0.848 bits per heavy atom. The summed E-state index contributed by atoms with van der Waals surface area (Å²) >= 11 is 0. The molecule has 0 aromatic rings. The van der Waals surface area contributed by atoms with E-state index >= 15 is 0 Å². The minimum Gasteiger partial charge on any atom is -0.481 e. The summed E-state index contributed by atoms with van der Waals surface area (Å²) in [6.45, 7) is 1.19. The van der Waals surface area contributed by atoms with Gasteiger partial charge in [0.05, 0.1) is 91.4 Å². The van der Waals surface area contributed by atoms with E-state index in [-0.39, 0.29) is 245 Å². The largest absolute Gasteiger partial charge is 0.481 e. The van der Waals surface area contributed by atoms with E-state index in [0.717, 1.165) is 89.9 Å². The van der Waals surface area contributed by atoms with E-state index in [1.54, 1.807) is 7.05 Å². The molecule has 125 heavy (non-hydrogen) atoms. The van der Waals surface area contributed by atoms with Crippen molar-refractivity contribution < 1.29 is 131 Å². The summed E-state index contributed by atoms with van der Waals surface area (Å²) in [4.78, 5) is 169. The zero-order chi connectivity index (χ0) is 92.0. The number of hydrogen-bond donors (Lipinski definition) is 15. The molecule has 0 spiro atoms. The summed E-state index contributed by atoms with van der Waals surface area (Å²) in [6, 6.07) is -3.30. The third-order valence-electron chi connectivity index (χ3n) is 20.6. The van der Waals surface area contributed by atoms with Crippen LogP contribution in [0.4, 0.5) is 0 Å². The number of carboxylic acids is 4. The van der Waals surface area contributed by atoms with Gasteiger partial charge in [-0.05, 0) is 84.1 Å². The van der Waals surface area contributed by atoms with Crippen LogP contribution in [-0.4, -0.2) is 291 Å². The van der Waals surface area contributed by atoms with Gasteiger partial charge in [0.15, 0.2) is 0 Å². The third kappa shape index (κ3) is 79.5. The van der Waals surface area contributed by atoms with Crippen LogP contribution >= 0.6 is 0 Å². The molecule has 0 aromatic carbocycles. The monoisotopic (exact) mass is 1790 g/mol. The number of aliphatic hydroxyl groups excluding tert-OH is 1. The standard InChI is InChI=1S/C88H160N10O27/c1-89-88(70-99,71-100)47-35-37-49-95-85(113)72(96-82(108)69-125-65-61-121-57-53-94-81(107)68-124-64-59-119-55-51-92-76(102)46-44-74(87(116)117)98-78(104)40-31-27-23-19-15-11-7-3-5-9-13-17-21-25-29-33-42-84(111)112)38-34-36-48-90-79(105)66-122-62-60-120-56-52-93-80(106)67-123-63-58-118-54-50-91-75(101)45-43-73(86(114)115)97-77(103)39-30-26-22-18-14-10-6-2-4-8-12-16-20-24-28-32-41-83(109)110/h70,72-74,89,100H,2-69,71H2,1H3,(H,90,105)(H,91,101)(H,92,102)(H,93,106)(H,94,107)(H,95,113)(H,96,108)(H,97,103)(H,98,104)(H,109,110)(H,111,112)(H,114,115)(H,116,117)/t72-,73-,74-,88-/m0/s1. The minimum absolute atomic E-state index is 0.0275. The number of amides is 9. The Labute approximate surface area is 741 Å². The van der Waals surface area contributed by atoms with Gasteiger partial charge in [-0.2, -0.15) is 0 Å². The van der Waals surface area contributed by atoms with Gasteiger partial charge in [-0.1, -0.05) is 180 Å². The fourth-order valence-electron chi connectivity index (χ4n) is 13.1. The van der Waals surface area contributed by atoms with Crippen molar-refractivity contribution in [1.82, 2.24) is 53.2 Å². The van der Waals surface area contributed by atoms with Crippen LogP contribution in [0.15, 0.2) is 0 Å². The van der Waals surface area contributed by atoms with Gasteiger partial charge in [0.1, 0.15) is 50.8 Å². The molecule has 0 aliphatic carbocycles. The van der Waals surface area contributed by atoms with E-state index in [0.29, 0.717) is 51.2 Å². The van der Waals surface area contributed by atoms with Crippen molar-refractivity contribution in [2.24, 2.45) is 0 Å². The molecule has 15 N–H and O–H groups in total. The fraction of sp³-hybridized carbons (Fsp3) is 0.841. The Morgan fingerprint density at radius 2 is 0.544 bits per heavy atom. The van der Waals surface area contributed by atoms with Gasteiger partial charge in [0.25, 0.3) is 0 Å². The summed E-state index contributed by atoms with van der Waals surface area (Å²) in [5, 5.41) is 73.1. The number of aliphatic carboxylic acids is 4. The Kier molecular flexibility index (Phi) is 80.6. The van der Waals surface area contributed by atoms with Crippen LogP contribution < -0.4 is 53.2 Å². The molecule has 0 rings (SSSR count). The lowest BCUT2D eigenvalue weighted by Crippen LogP contribution is -2.49. The maximum atomic E-state index is 13.3. The van der Waals surface area contributed by atoms with Gasteiger partial charge in [-0.25, -0.2) is 9.59 Å². The number of rotatable bonds is 95. The lowest BCUT2D eigenvalue weighted by molar-refractivity contribution is -0.142. The zero-order valence-electron chi connectivity index (χ0n) is 75.3. The van der Waals surface area contributed by atoms with Crippen LogP contribution in [0.5, 0.6) is 0 Å². The van der Waals surface area contributed by atoms with Crippen LogP contribution in [0.1, 0.15) is 295 Å². The maximum absolute atomic E-state index is 13.3. The van der Waals surface area contributed by atoms with E-state index in [1.165, 1.54) is 103 Å². The van der Waals surface area contributed by atoms with E-state index in [1.807, 2.05) is 0 Å². The highest BCUT2D eigenvalue weighted by atomic mass is 16.5. The second-order valence-corrected chi connectivity index (χ2v) is 31.6. The highest BCUT2D eigenvalue weighted by Gasteiger charge is 2.27. The number of unbranched alkanes of at least 4 members (excludes halogenated alkanes) is 32. The molecule has 0 bridgehead atoms. The van der Waals surface area contributed by atoms with Crippen LogP contribution in [0.25, 0.3) is 0 Å². The fourth-order valence-corrected chi connectivity index (χ4v) is 13.1. The van der Waals surface area contributed by atoms with Crippen LogP contribution in [0.2, 0.25) is 0 Å². The first-order valence-corrected chi connectivity index (χ1v) is 46.3. The third-order valence-corrected chi connectivity index (χ3v) is 20.6. The van der Waals surface area contributed by atoms with E-state index in [9.17, 15) is 82.4 Å². The van der Waals surface area contributed by atoms with Crippen LogP contribution in [-0.2, 0) is 105 Å². The topological polar surface area (TPSA) is 534 Å². The van der Waals surface area contributed by atoms with E-state index in [4.69, 9.17) is 48.1 Å². The molecule has 0 heterocycles. The molecule has 0 saturated heterocycles. The number of carboxylic acid groups (broad SMARTS) is 4. The van der Waals surface area contributed by atoms with Gasteiger partial charge in [-0.15, -0.1) is 0 Å².